The normalized spacial score (nSPS) is 33.1. The minimum Gasteiger partial charge on any atom is -0.385 e. The summed E-state index contributed by atoms with van der Waals surface area (Å²) < 4.78 is 0. The van der Waals surface area contributed by atoms with Gasteiger partial charge in [-0.3, -0.25) is 9.69 Å². The number of carbonyl (C=O) groups is 1. The number of aliphatic hydroxyl groups is 1. The van der Waals surface area contributed by atoms with Gasteiger partial charge in [0.1, 0.15) is 0 Å². The third-order valence-corrected chi connectivity index (χ3v) is 7.63. The molecule has 2 unspecified atom stereocenters. The Morgan fingerprint density at radius 1 is 1.18 bits per heavy atom. The van der Waals surface area contributed by atoms with Crippen molar-refractivity contribution in [1.29, 1.82) is 0 Å². The number of benzene rings is 1. The molecule has 1 saturated heterocycles. The van der Waals surface area contributed by atoms with E-state index in [0.29, 0.717) is 18.5 Å². The highest BCUT2D eigenvalue weighted by Crippen LogP contribution is 2.64. The molecule has 1 spiro atoms. The number of likely N-dealkylation sites (tertiary alicyclic amines) is 1. The van der Waals surface area contributed by atoms with Crippen molar-refractivity contribution in [3.8, 4) is 0 Å². The van der Waals surface area contributed by atoms with Gasteiger partial charge in [0.25, 0.3) is 0 Å². The molecule has 2 N–H and O–H groups in total. The second-order valence-electron chi connectivity index (χ2n) is 10.3. The summed E-state index contributed by atoms with van der Waals surface area (Å²) >= 11 is 0. The quantitative estimate of drug-likeness (QED) is 0.703. The highest BCUT2D eigenvalue weighted by molar-refractivity contribution is 5.81. The fraction of sp³-hybridized carbons (Fsp3) is 0.708. The van der Waals surface area contributed by atoms with Gasteiger partial charge in [-0.15, -0.1) is 0 Å². The highest BCUT2D eigenvalue weighted by atomic mass is 16.3. The van der Waals surface area contributed by atoms with Crippen LogP contribution in [0.1, 0.15) is 71.3 Å². The minimum atomic E-state index is -0.895. The highest BCUT2D eigenvalue weighted by Gasteiger charge is 2.70. The van der Waals surface area contributed by atoms with Gasteiger partial charge in [-0.2, -0.15) is 0 Å². The van der Waals surface area contributed by atoms with Crippen LogP contribution in [0.5, 0.6) is 0 Å². The van der Waals surface area contributed by atoms with Gasteiger partial charge >= 0.3 is 0 Å². The van der Waals surface area contributed by atoms with Crippen LogP contribution in [0.25, 0.3) is 0 Å². The second kappa shape index (κ2) is 7.14. The van der Waals surface area contributed by atoms with Crippen molar-refractivity contribution in [1.82, 2.24) is 10.2 Å². The van der Waals surface area contributed by atoms with Gasteiger partial charge in [-0.05, 0) is 50.0 Å². The van der Waals surface area contributed by atoms with Gasteiger partial charge in [-0.25, -0.2) is 0 Å². The fourth-order valence-corrected chi connectivity index (χ4v) is 5.77. The summed E-state index contributed by atoms with van der Waals surface area (Å²) in [6.07, 6.45) is 8.13. The Hall–Kier alpha value is -1.39. The maximum absolute atomic E-state index is 12.2. The van der Waals surface area contributed by atoms with E-state index in [1.54, 1.807) is 0 Å². The number of hydrogen-bond acceptors (Lipinski definition) is 3. The van der Waals surface area contributed by atoms with Crippen LogP contribution in [0.2, 0.25) is 0 Å². The molecule has 4 rings (SSSR count). The van der Waals surface area contributed by atoms with Crippen molar-refractivity contribution in [2.45, 2.75) is 82.9 Å². The first-order chi connectivity index (χ1) is 13.3. The third-order valence-electron chi connectivity index (χ3n) is 7.63. The molecule has 1 heterocycles. The topological polar surface area (TPSA) is 52.3 Å². The summed E-state index contributed by atoms with van der Waals surface area (Å²) in [6.45, 7) is 7.21. The average molecular weight is 385 g/mol. The van der Waals surface area contributed by atoms with E-state index in [-0.39, 0.29) is 5.91 Å². The Morgan fingerprint density at radius 3 is 2.54 bits per heavy atom. The van der Waals surface area contributed by atoms with Crippen LogP contribution >= 0.6 is 0 Å². The van der Waals surface area contributed by atoms with E-state index in [9.17, 15) is 9.90 Å². The zero-order valence-electron chi connectivity index (χ0n) is 17.7. The van der Waals surface area contributed by atoms with E-state index in [4.69, 9.17) is 0 Å². The summed E-state index contributed by atoms with van der Waals surface area (Å²) in [4.78, 5) is 14.9. The fourth-order valence-electron chi connectivity index (χ4n) is 5.77. The number of amides is 1. The Balaban J connectivity index is 1.40. The number of nitrogens with zero attached hydrogens (tertiary/aromatic N) is 1. The molecule has 1 aromatic rings. The van der Waals surface area contributed by atoms with Gasteiger partial charge in [0.15, 0.2) is 0 Å². The standard InChI is InChI=1S/C24H36N2O2/c1-22(2,3)21(27)25-16-14-23(28,18-8-5-4-6-9-18)15-17-26-20-11-7-10-19-12-13-24(19,20)26/h4-6,8-9,19-20,28H,7,10-17H2,1-3H3,(H,25,27)/t19-,20+,23?,24?,26-/m1/s1. The Kier molecular flexibility index (Phi) is 5.08. The van der Waals surface area contributed by atoms with Crippen molar-refractivity contribution in [2.75, 3.05) is 13.1 Å². The van der Waals surface area contributed by atoms with Crippen LogP contribution in [-0.2, 0) is 10.4 Å². The summed E-state index contributed by atoms with van der Waals surface area (Å²) in [5, 5.41) is 14.6. The predicted molar refractivity (Wildman–Crippen MR) is 112 cm³/mol. The number of nitrogens with one attached hydrogen (secondary N) is 1. The first-order valence-electron chi connectivity index (χ1n) is 11.1. The molecular weight excluding hydrogens is 348 g/mol. The van der Waals surface area contributed by atoms with Crippen LogP contribution in [0.3, 0.4) is 0 Å². The maximum Gasteiger partial charge on any atom is 0.225 e. The first kappa shape index (κ1) is 19.9. The molecule has 3 aliphatic rings. The minimum absolute atomic E-state index is 0.0380. The zero-order chi connectivity index (χ0) is 20.0. The molecule has 1 aliphatic heterocycles. The molecule has 4 heteroatoms. The lowest BCUT2D eigenvalue weighted by Crippen LogP contribution is -2.43. The number of carbonyl (C=O) groups excluding carboxylic acids is 1. The van der Waals surface area contributed by atoms with E-state index in [1.807, 2.05) is 51.1 Å². The van der Waals surface area contributed by atoms with Gasteiger partial charge in [-0.1, -0.05) is 57.5 Å². The van der Waals surface area contributed by atoms with Gasteiger partial charge in [0.2, 0.25) is 5.91 Å². The molecule has 4 nitrogen and oxygen atoms in total. The largest absolute Gasteiger partial charge is 0.385 e. The number of hydrogen-bond donors (Lipinski definition) is 2. The van der Waals surface area contributed by atoms with Gasteiger partial charge < -0.3 is 10.4 Å². The van der Waals surface area contributed by atoms with Crippen LogP contribution in [0, 0.1) is 11.3 Å². The molecular formula is C24H36N2O2. The molecule has 1 amide bonds. The Bertz CT molecular complexity index is 713. The summed E-state index contributed by atoms with van der Waals surface area (Å²) in [6, 6.07) is 10.8. The van der Waals surface area contributed by atoms with Crippen molar-refractivity contribution in [2.24, 2.45) is 11.3 Å². The molecule has 154 valence electrons. The zero-order valence-corrected chi connectivity index (χ0v) is 17.7. The SMILES string of the molecule is CC(C)(C)C(=O)NCCC(O)(CC[N@]1[C@H]2CCC[C@@H]3CCC321)c1ccccc1. The Morgan fingerprint density at radius 2 is 1.93 bits per heavy atom. The van der Waals surface area contributed by atoms with E-state index in [2.05, 4.69) is 10.2 Å². The molecule has 2 saturated carbocycles. The van der Waals surface area contributed by atoms with Crippen LogP contribution < -0.4 is 5.32 Å². The third kappa shape index (κ3) is 3.39. The van der Waals surface area contributed by atoms with Crippen molar-refractivity contribution in [3.05, 3.63) is 35.9 Å². The van der Waals surface area contributed by atoms with E-state index in [1.165, 1.54) is 32.1 Å². The van der Waals surface area contributed by atoms with Gasteiger partial charge in [0.05, 0.1) is 5.60 Å². The summed E-state index contributed by atoms with van der Waals surface area (Å²) in [7, 11) is 0. The monoisotopic (exact) mass is 384 g/mol. The smallest absolute Gasteiger partial charge is 0.225 e. The summed E-state index contributed by atoms with van der Waals surface area (Å²) in [5.74, 6) is 0.943. The van der Waals surface area contributed by atoms with Crippen LogP contribution in [0.4, 0.5) is 0 Å². The molecule has 3 fully saturated rings. The lowest BCUT2D eigenvalue weighted by molar-refractivity contribution is -0.128. The number of rotatable bonds is 7. The van der Waals surface area contributed by atoms with Crippen LogP contribution in [-0.4, -0.2) is 40.6 Å². The summed E-state index contributed by atoms with van der Waals surface area (Å²) in [5.41, 5.74) is 0.163. The second-order valence-corrected chi connectivity index (χ2v) is 10.3. The van der Waals surface area contributed by atoms with Crippen molar-refractivity contribution >= 4 is 5.91 Å². The van der Waals surface area contributed by atoms with E-state index < -0.39 is 11.0 Å². The van der Waals surface area contributed by atoms with Crippen LogP contribution in [0.15, 0.2) is 30.3 Å². The molecule has 0 bridgehead atoms. The lowest BCUT2D eigenvalue weighted by atomic mass is 9.65. The van der Waals surface area contributed by atoms with Crippen molar-refractivity contribution in [3.63, 3.8) is 0 Å². The van der Waals surface area contributed by atoms with E-state index in [0.717, 1.165) is 30.5 Å². The first-order valence-corrected chi connectivity index (χ1v) is 11.1. The van der Waals surface area contributed by atoms with E-state index >= 15 is 0 Å². The molecule has 1 aromatic carbocycles. The molecule has 0 aromatic heterocycles. The predicted octanol–water partition coefficient (Wildman–Crippen LogP) is 3.83. The molecule has 28 heavy (non-hydrogen) atoms. The van der Waals surface area contributed by atoms with Crippen molar-refractivity contribution < 1.29 is 9.90 Å². The maximum atomic E-state index is 12.2. The molecule has 0 radical (unpaired) electrons. The molecule has 2 aliphatic carbocycles. The molecule has 5 atom stereocenters. The Labute approximate surface area is 169 Å². The lowest BCUT2D eigenvalue weighted by Gasteiger charge is -2.41. The average Bonchev–Trinajstić information content (AvgIpc) is 3.33. The van der Waals surface area contributed by atoms with Gasteiger partial charge in [0, 0.05) is 30.1 Å².